The zero-order chi connectivity index (χ0) is 27.8. The Labute approximate surface area is 233 Å². The molecule has 2 heterocycles. The number of carbonyl (C=O) groups excluding carboxylic acids is 1. The van der Waals surface area contributed by atoms with Crippen molar-refractivity contribution >= 4 is 5.91 Å². The largest absolute Gasteiger partial charge is 0.493 e. The van der Waals surface area contributed by atoms with Crippen LogP contribution >= 0.6 is 0 Å². The minimum absolute atomic E-state index is 0.0978. The maximum Gasteiger partial charge on any atom is 0.227 e. The Kier molecular flexibility index (Phi) is 10.8. The Bertz CT molecular complexity index is 1010. The van der Waals surface area contributed by atoms with Crippen molar-refractivity contribution in [3.63, 3.8) is 0 Å². The quantitative estimate of drug-likeness (QED) is 0.359. The van der Waals surface area contributed by atoms with Crippen LogP contribution in [0.15, 0.2) is 48.5 Å². The number of benzene rings is 2. The SMILES string of the molecule is CC(C)COc1ccc(CC(=O)N(Cc2ccc(F)cc2)C2CCN(CCC3OC(C)CC(C)O3)CC2)cc1. The summed E-state index contributed by atoms with van der Waals surface area (Å²) in [5.41, 5.74) is 1.91. The minimum Gasteiger partial charge on any atom is -0.493 e. The van der Waals surface area contributed by atoms with E-state index >= 15 is 0 Å². The Morgan fingerprint density at radius 1 is 1.00 bits per heavy atom. The van der Waals surface area contributed by atoms with Crippen LogP contribution in [0.5, 0.6) is 5.75 Å². The summed E-state index contributed by atoms with van der Waals surface area (Å²) in [5, 5.41) is 0. The zero-order valence-corrected chi connectivity index (χ0v) is 24.0. The van der Waals surface area contributed by atoms with Gasteiger partial charge in [-0.15, -0.1) is 0 Å². The Balaban J connectivity index is 1.35. The highest BCUT2D eigenvalue weighted by Crippen LogP contribution is 2.24. The highest BCUT2D eigenvalue weighted by atomic mass is 19.1. The van der Waals surface area contributed by atoms with Crippen LogP contribution in [0.3, 0.4) is 0 Å². The monoisotopic (exact) mass is 540 g/mol. The van der Waals surface area contributed by atoms with E-state index in [1.165, 1.54) is 12.1 Å². The van der Waals surface area contributed by atoms with Gasteiger partial charge in [-0.1, -0.05) is 38.1 Å². The van der Waals surface area contributed by atoms with Gasteiger partial charge in [-0.2, -0.15) is 0 Å². The van der Waals surface area contributed by atoms with Crippen LogP contribution in [0.25, 0.3) is 0 Å². The number of piperidine rings is 1. The number of hydrogen-bond acceptors (Lipinski definition) is 5. The maximum absolute atomic E-state index is 13.6. The number of hydrogen-bond donors (Lipinski definition) is 0. The van der Waals surface area contributed by atoms with Crippen molar-refractivity contribution in [3.05, 3.63) is 65.5 Å². The van der Waals surface area contributed by atoms with E-state index in [2.05, 4.69) is 32.6 Å². The van der Waals surface area contributed by atoms with Gasteiger partial charge in [0.25, 0.3) is 0 Å². The Hall–Kier alpha value is -2.48. The van der Waals surface area contributed by atoms with Gasteiger partial charge in [-0.3, -0.25) is 4.79 Å². The number of rotatable bonds is 11. The van der Waals surface area contributed by atoms with Gasteiger partial charge >= 0.3 is 0 Å². The van der Waals surface area contributed by atoms with Crippen molar-refractivity contribution < 1.29 is 23.4 Å². The molecule has 2 aliphatic rings. The van der Waals surface area contributed by atoms with Gasteiger partial charge in [-0.25, -0.2) is 4.39 Å². The lowest BCUT2D eigenvalue weighted by Gasteiger charge is -2.39. The minimum atomic E-state index is -0.264. The topological polar surface area (TPSA) is 51.2 Å². The van der Waals surface area contributed by atoms with E-state index < -0.39 is 0 Å². The van der Waals surface area contributed by atoms with Crippen LogP contribution in [-0.4, -0.2) is 66.5 Å². The Morgan fingerprint density at radius 2 is 1.62 bits per heavy atom. The first-order valence-electron chi connectivity index (χ1n) is 14.5. The number of carbonyl (C=O) groups is 1. The van der Waals surface area contributed by atoms with Crippen LogP contribution in [-0.2, 0) is 27.2 Å². The molecule has 2 atom stereocenters. The predicted molar refractivity (Wildman–Crippen MR) is 151 cm³/mol. The first kappa shape index (κ1) is 29.5. The molecule has 0 saturated carbocycles. The van der Waals surface area contributed by atoms with Crippen LogP contribution in [0, 0.1) is 11.7 Å². The molecule has 6 nitrogen and oxygen atoms in total. The van der Waals surface area contributed by atoms with E-state index in [4.69, 9.17) is 14.2 Å². The molecule has 0 radical (unpaired) electrons. The standard InChI is InChI=1S/C32H45FN2O4/c1-23(2)22-37-30-11-7-26(8-12-30)20-31(36)35(21-27-5-9-28(33)10-6-27)29-13-16-34(17-14-29)18-15-32-38-24(3)19-25(4)39-32/h5-12,23-25,29,32H,13-22H2,1-4H3. The molecule has 0 aromatic heterocycles. The second-order valence-electron chi connectivity index (χ2n) is 11.6. The molecule has 0 N–H and O–H groups in total. The summed E-state index contributed by atoms with van der Waals surface area (Å²) in [4.78, 5) is 18.1. The second-order valence-corrected chi connectivity index (χ2v) is 11.6. The molecule has 2 fully saturated rings. The van der Waals surface area contributed by atoms with E-state index in [-0.39, 0.29) is 36.3 Å². The van der Waals surface area contributed by atoms with Crippen molar-refractivity contribution in [2.24, 2.45) is 5.92 Å². The van der Waals surface area contributed by atoms with E-state index in [0.29, 0.717) is 25.5 Å². The van der Waals surface area contributed by atoms with Gasteiger partial charge in [0.15, 0.2) is 6.29 Å². The van der Waals surface area contributed by atoms with Crippen molar-refractivity contribution in [3.8, 4) is 5.75 Å². The lowest BCUT2D eigenvalue weighted by atomic mass is 10.0. The van der Waals surface area contributed by atoms with Crippen LogP contribution in [0.1, 0.15) is 64.5 Å². The smallest absolute Gasteiger partial charge is 0.227 e. The van der Waals surface area contributed by atoms with E-state index in [1.54, 1.807) is 12.1 Å². The van der Waals surface area contributed by atoms with E-state index in [9.17, 15) is 9.18 Å². The first-order chi connectivity index (χ1) is 18.7. The number of likely N-dealkylation sites (tertiary alicyclic amines) is 1. The third kappa shape index (κ3) is 9.30. The molecule has 39 heavy (non-hydrogen) atoms. The molecule has 7 heteroatoms. The lowest BCUT2D eigenvalue weighted by Crippen LogP contribution is -2.48. The fourth-order valence-electron chi connectivity index (χ4n) is 5.46. The highest BCUT2D eigenvalue weighted by Gasteiger charge is 2.30. The molecule has 2 aromatic rings. The molecule has 1 amide bonds. The summed E-state index contributed by atoms with van der Waals surface area (Å²) in [6, 6.07) is 14.5. The summed E-state index contributed by atoms with van der Waals surface area (Å²) in [6.07, 6.45) is 4.28. The number of nitrogens with zero attached hydrogens (tertiary/aromatic N) is 2. The van der Waals surface area contributed by atoms with Gasteiger partial charge < -0.3 is 24.0 Å². The van der Waals surface area contributed by atoms with Gasteiger partial charge in [0.1, 0.15) is 11.6 Å². The van der Waals surface area contributed by atoms with Gasteiger partial charge in [0, 0.05) is 38.6 Å². The van der Waals surface area contributed by atoms with Crippen LogP contribution in [0.4, 0.5) is 4.39 Å². The molecule has 0 bridgehead atoms. The number of ether oxygens (including phenoxy) is 3. The second kappa shape index (κ2) is 14.2. The number of amides is 1. The summed E-state index contributed by atoms with van der Waals surface area (Å²) >= 11 is 0. The van der Waals surface area contributed by atoms with Gasteiger partial charge in [0.2, 0.25) is 5.91 Å². The molecule has 2 aliphatic heterocycles. The normalized spacial score (nSPS) is 22.7. The molecular weight excluding hydrogens is 495 g/mol. The average Bonchev–Trinajstić information content (AvgIpc) is 2.91. The van der Waals surface area contributed by atoms with E-state index in [0.717, 1.165) is 62.2 Å². The molecule has 2 unspecified atom stereocenters. The Morgan fingerprint density at radius 3 is 2.23 bits per heavy atom. The summed E-state index contributed by atoms with van der Waals surface area (Å²) < 4.78 is 31.3. The van der Waals surface area contributed by atoms with Crippen molar-refractivity contribution in [1.82, 2.24) is 9.80 Å². The third-order valence-corrected chi connectivity index (χ3v) is 7.56. The lowest BCUT2D eigenvalue weighted by molar-refractivity contribution is -0.237. The molecule has 2 saturated heterocycles. The number of halogens is 1. The highest BCUT2D eigenvalue weighted by molar-refractivity contribution is 5.79. The molecule has 2 aromatic carbocycles. The summed E-state index contributed by atoms with van der Waals surface area (Å²) in [6.45, 7) is 12.4. The summed E-state index contributed by atoms with van der Waals surface area (Å²) in [5.74, 6) is 1.11. The predicted octanol–water partition coefficient (Wildman–Crippen LogP) is 5.83. The van der Waals surface area contributed by atoms with Crippen molar-refractivity contribution in [2.75, 3.05) is 26.2 Å². The summed E-state index contributed by atoms with van der Waals surface area (Å²) in [7, 11) is 0. The van der Waals surface area contributed by atoms with Crippen molar-refractivity contribution in [2.45, 2.75) is 90.9 Å². The van der Waals surface area contributed by atoms with E-state index in [1.807, 2.05) is 29.2 Å². The fraction of sp³-hybridized carbons (Fsp3) is 0.594. The van der Waals surface area contributed by atoms with Gasteiger partial charge in [-0.05, 0) is 74.4 Å². The fourth-order valence-corrected chi connectivity index (χ4v) is 5.46. The van der Waals surface area contributed by atoms with Crippen LogP contribution in [0.2, 0.25) is 0 Å². The third-order valence-electron chi connectivity index (χ3n) is 7.56. The maximum atomic E-state index is 13.6. The van der Waals surface area contributed by atoms with Gasteiger partial charge in [0.05, 0.1) is 25.2 Å². The zero-order valence-electron chi connectivity index (χ0n) is 24.0. The molecule has 4 rings (SSSR count). The van der Waals surface area contributed by atoms with Crippen LogP contribution < -0.4 is 4.74 Å². The van der Waals surface area contributed by atoms with Crippen molar-refractivity contribution in [1.29, 1.82) is 0 Å². The molecule has 0 spiro atoms. The first-order valence-corrected chi connectivity index (χ1v) is 14.5. The molecular formula is C32H45FN2O4. The average molecular weight is 541 g/mol. The molecule has 0 aliphatic carbocycles. The molecule has 214 valence electrons.